The molecule has 33 heavy (non-hydrogen) atoms. The zero-order valence-electron chi connectivity index (χ0n) is 18.1. The van der Waals surface area contributed by atoms with Crippen LogP contribution < -0.4 is 10.1 Å². The lowest BCUT2D eigenvalue weighted by Crippen LogP contribution is -2.23. The third-order valence-corrected chi connectivity index (χ3v) is 3.94. The first-order chi connectivity index (χ1) is 15.1. The van der Waals surface area contributed by atoms with E-state index in [4.69, 9.17) is 9.47 Å². The first-order valence-corrected chi connectivity index (χ1v) is 9.82. The van der Waals surface area contributed by atoms with Crippen molar-refractivity contribution in [3.63, 3.8) is 0 Å². The largest absolute Gasteiger partial charge is 0.490 e. The molecule has 12 heteroatoms. The Labute approximate surface area is 186 Å². The van der Waals surface area contributed by atoms with Gasteiger partial charge in [0.05, 0.1) is 30.1 Å². The smallest absolute Gasteiger partial charge is 0.416 e. The van der Waals surface area contributed by atoms with E-state index in [0.29, 0.717) is 18.6 Å². The van der Waals surface area contributed by atoms with Gasteiger partial charge in [-0.3, -0.25) is 4.79 Å². The molecule has 6 nitrogen and oxygen atoms in total. The number of benzene rings is 1. The van der Waals surface area contributed by atoms with Crippen molar-refractivity contribution in [1.82, 2.24) is 9.97 Å². The number of nitrogens with one attached hydrogen (secondary N) is 1. The minimum absolute atomic E-state index is 0.0120. The number of esters is 1. The van der Waals surface area contributed by atoms with E-state index in [1.54, 1.807) is 20.8 Å². The molecule has 0 saturated carbocycles. The molecule has 2 rings (SSSR count). The van der Waals surface area contributed by atoms with Crippen molar-refractivity contribution in [1.29, 1.82) is 0 Å². The number of hydrogen-bond acceptors (Lipinski definition) is 6. The molecule has 0 aliphatic heterocycles. The molecule has 1 aromatic heterocycles. The van der Waals surface area contributed by atoms with Crippen LogP contribution in [-0.4, -0.2) is 28.1 Å². The quantitative estimate of drug-likeness (QED) is 0.301. The van der Waals surface area contributed by atoms with Crippen molar-refractivity contribution in [3.8, 4) is 5.75 Å². The highest BCUT2D eigenvalue weighted by molar-refractivity contribution is 5.69. The van der Waals surface area contributed by atoms with Gasteiger partial charge in [0, 0.05) is 13.0 Å². The molecule has 0 saturated heterocycles. The van der Waals surface area contributed by atoms with E-state index < -0.39 is 29.1 Å². The Morgan fingerprint density at radius 3 is 1.97 bits per heavy atom. The average Bonchev–Trinajstić information content (AvgIpc) is 2.67. The Balaban J connectivity index is 1.91. The number of carbonyl (C=O) groups excluding carboxylic acids is 1. The summed E-state index contributed by atoms with van der Waals surface area (Å²) in [6, 6.07) is 1.32. The number of hydrogen-bond donors (Lipinski definition) is 1. The predicted octanol–water partition coefficient (Wildman–Crippen LogP) is 5.63. The number of halogens is 6. The first kappa shape index (κ1) is 26.2. The Kier molecular flexibility index (Phi) is 8.15. The zero-order chi connectivity index (χ0) is 24.9. The standard InChI is InChI=1S/C21H23F6N3O3/c1-19(2,3)33-17(31)5-4-6-32-16-11-29-18(30-12-16)28-10-13-7-14(20(22,23)24)9-15(8-13)21(25,26)27/h7-9,11-12H,4-6,10H2,1-3H3,(H,28,29,30). The van der Waals surface area contributed by atoms with Crippen molar-refractivity contribution >= 4 is 11.9 Å². The molecule has 1 heterocycles. The van der Waals surface area contributed by atoms with Crippen LogP contribution in [0.15, 0.2) is 30.6 Å². The lowest BCUT2D eigenvalue weighted by atomic mass is 10.0. The molecular formula is C21H23F6N3O3. The number of alkyl halides is 6. The third-order valence-electron chi connectivity index (χ3n) is 3.94. The maximum atomic E-state index is 12.9. The van der Waals surface area contributed by atoms with Crippen molar-refractivity contribution < 1.29 is 40.6 Å². The minimum atomic E-state index is -4.92. The molecule has 0 bridgehead atoms. The van der Waals surface area contributed by atoms with Gasteiger partial charge in [0.1, 0.15) is 5.60 Å². The van der Waals surface area contributed by atoms with Crippen molar-refractivity contribution in [2.45, 2.75) is 58.1 Å². The maximum Gasteiger partial charge on any atom is 0.416 e. The number of ether oxygens (including phenoxy) is 2. The summed E-state index contributed by atoms with van der Waals surface area (Å²) in [5.41, 5.74) is -3.60. The summed E-state index contributed by atoms with van der Waals surface area (Å²) in [7, 11) is 0. The number of nitrogens with zero attached hydrogens (tertiary/aromatic N) is 2. The number of anilines is 1. The molecule has 1 aromatic carbocycles. The Morgan fingerprint density at radius 2 is 1.48 bits per heavy atom. The van der Waals surface area contributed by atoms with E-state index in [-0.39, 0.29) is 48.9 Å². The van der Waals surface area contributed by atoms with Gasteiger partial charge in [-0.1, -0.05) is 0 Å². The summed E-state index contributed by atoms with van der Waals surface area (Å²) in [6.45, 7) is 5.12. The lowest BCUT2D eigenvalue weighted by molar-refractivity contribution is -0.155. The van der Waals surface area contributed by atoms with E-state index >= 15 is 0 Å². The van der Waals surface area contributed by atoms with E-state index in [1.807, 2.05) is 0 Å². The Morgan fingerprint density at radius 1 is 0.939 bits per heavy atom. The third kappa shape index (κ3) is 9.15. The van der Waals surface area contributed by atoms with Crippen LogP contribution in [0.25, 0.3) is 0 Å². The summed E-state index contributed by atoms with van der Waals surface area (Å²) in [6.07, 6.45) is -6.71. The van der Waals surface area contributed by atoms with Gasteiger partial charge in [-0.05, 0) is 51.0 Å². The number of aromatic nitrogens is 2. The fourth-order valence-electron chi connectivity index (χ4n) is 2.58. The zero-order valence-corrected chi connectivity index (χ0v) is 18.1. The molecule has 0 fully saturated rings. The molecule has 0 atom stereocenters. The second kappa shape index (κ2) is 10.3. The van der Waals surface area contributed by atoms with Crippen LogP contribution in [-0.2, 0) is 28.4 Å². The maximum absolute atomic E-state index is 12.9. The summed E-state index contributed by atoms with van der Waals surface area (Å²) in [4.78, 5) is 19.5. The molecular weight excluding hydrogens is 456 g/mol. The van der Waals surface area contributed by atoms with E-state index in [1.165, 1.54) is 12.4 Å². The predicted molar refractivity (Wildman–Crippen MR) is 106 cm³/mol. The molecule has 182 valence electrons. The van der Waals surface area contributed by atoms with Crippen LogP contribution in [0.2, 0.25) is 0 Å². The van der Waals surface area contributed by atoms with Gasteiger partial charge in [-0.25, -0.2) is 9.97 Å². The van der Waals surface area contributed by atoms with Gasteiger partial charge >= 0.3 is 18.3 Å². The Hall–Kier alpha value is -3.05. The monoisotopic (exact) mass is 479 g/mol. The normalized spacial score (nSPS) is 12.4. The van der Waals surface area contributed by atoms with Gasteiger partial charge in [0.25, 0.3) is 0 Å². The highest BCUT2D eigenvalue weighted by atomic mass is 19.4. The molecule has 0 aliphatic rings. The summed E-state index contributed by atoms with van der Waals surface area (Å²) in [5.74, 6) is -0.0876. The van der Waals surface area contributed by atoms with Gasteiger partial charge < -0.3 is 14.8 Å². The molecule has 0 radical (unpaired) electrons. The topological polar surface area (TPSA) is 73.3 Å². The molecule has 2 aromatic rings. The molecule has 0 spiro atoms. The lowest BCUT2D eigenvalue weighted by Gasteiger charge is -2.19. The molecule has 0 amide bonds. The summed E-state index contributed by atoms with van der Waals surface area (Å²) < 4.78 is 88.2. The van der Waals surface area contributed by atoms with Crippen LogP contribution in [0.5, 0.6) is 5.75 Å². The molecule has 0 aliphatic carbocycles. The van der Waals surface area contributed by atoms with Gasteiger partial charge in [0.15, 0.2) is 5.75 Å². The van der Waals surface area contributed by atoms with Gasteiger partial charge in [-0.15, -0.1) is 0 Å². The van der Waals surface area contributed by atoms with E-state index in [0.717, 1.165) is 0 Å². The van der Waals surface area contributed by atoms with Gasteiger partial charge in [0.2, 0.25) is 5.95 Å². The fraction of sp³-hybridized carbons (Fsp3) is 0.476. The van der Waals surface area contributed by atoms with Crippen molar-refractivity contribution in [2.75, 3.05) is 11.9 Å². The van der Waals surface area contributed by atoms with Crippen molar-refractivity contribution in [3.05, 3.63) is 47.3 Å². The molecule has 1 N–H and O–H groups in total. The van der Waals surface area contributed by atoms with E-state index in [2.05, 4.69) is 15.3 Å². The van der Waals surface area contributed by atoms with Crippen LogP contribution in [0, 0.1) is 0 Å². The van der Waals surface area contributed by atoms with Crippen LogP contribution in [0.4, 0.5) is 32.3 Å². The van der Waals surface area contributed by atoms with E-state index in [9.17, 15) is 31.1 Å². The number of carbonyl (C=O) groups is 1. The summed E-state index contributed by atoms with van der Waals surface area (Å²) in [5, 5.41) is 2.58. The second-order valence-electron chi connectivity index (χ2n) is 8.05. The average molecular weight is 479 g/mol. The van der Waals surface area contributed by atoms with Crippen LogP contribution in [0.1, 0.15) is 50.3 Å². The van der Waals surface area contributed by atoms with Crippen molar-refractivity contribution in [2.24, 2.45) is 0 Å². The highest BCUT2D eigenvalue weighted by Gasteiger charge is 2.36. The Bertz CT molecular complexity index is 906. The minimum Gasteiger partial charge on any atom is -0.490 e. The fourth-order valence-corrected chi connectivity index (χ4v) is 2.58. The second-order valence-corrected chi connectivity index (χ2v) is 8.05. The van der Waals surface area contributed by atoms with Crippen LogP contribution in [0.3, 0.4) is 0 Å². The highest BCUT2D eigenvalue weighted by Crippen LogP contribution is 2.36. The SMILES string of the molecule is CC(C)(C)OC(=O)CCCOc1cnc(NCc2cc(C(F)(F)F)cc(C(F)(F)F)c2)nc1. The summed E-state index contributed by atoms with van der Waals surface area (Å²) >= 11 is 0. The van der Waals surface area contributed by atoms with Crippen LogP contribution >= 0.6 is 0 Å². The number of rotatable bonds is 8. The first-order valence-electron chi connectivity index (χ1n) is 9.82. The van der Waals surface area contributed by atoms with Gasteiger partial charge in [-0.2, -0.15) is 26.3 Å². The molecule has 0 unspecified atom stereocenters.